The van der Waals surface area contributed by atoms with Crippen LogP contribution in [0.15, 0.2) is 18.2 Å². The van der Waals surface area contributed by atoms with E-state index in [9.17, 15) is 14.9 Å². The Hall–Kier alpha value is -1.82. The lowest BCUT2D eigenvalue weighted by atomic mass is 10.2. The highest BCUT2D eigenvalue weighted by Crippen LogP contribution is 2.34. The quantitative estimate of drug-likeness (QED) is 0.642. The first kappa shape index (κ1) is 15.2. The summed E-state index contributed by atoms with van der Waals surface area (Å²) in [5.41, 5.74) is 0.138. The van der Waals surface area contributed by atoms with Crippen LogP contribution in [0.3, 0.4) is 0 Å². The van der Waals surface area contributed by atoms with Crippen LogP contribution in [-0.4, -0.2) is 31.0 Å². The molecule has 1 N–H and O–H groups in total. The predicted molar refractivity (Wildman–Crippen MR) is 74.7 cm³/mol. The molecule has 1 aromatic rings. The number of benzene rings is 1. The average Bonchev–Trinajstić information content (AvgIpc) is 2.35. The molecule has 1 aromatic carbocycles. The molecule has 19 heavy (non-hydrogen) atoms. The molecule has 0 spiro atoms. The van der Waals surface area contributed by atoms with Crippen molar-refractivity contribution < 1.29 is 9.72 Å². The summed E-state index contributed by atoms with van der Waals surface area (Å²) in [6, 6.07) is 4.64. The molecule has 0 bridgehead atoms. The summed E-state index contributed by atoms with van der Waals surface area (Å²) in [5.74, 6) is -0.182. The van der Waals surface area contributed by atoms with Crippen molar-refractivity contribution in [1.82, 2.24) is 5.32 Å². The van der Waals surface area contributed by atoms with Crippen molar-refractivity contribution >= 4 is 28.9 Å². The molecule has 0 heterocycles. The summed E-state index contributed by atoms with van der Waals surface area (Å²) >= 11 is 5.82. The van der Waals surface area contributed by atoms with E-state index in [4.69, 9.17) is 11.6 Å². The van der Waals surface area contributed by atoms with Crippen LogP contribution in [0.4, 0.5) is 11.4 Å². The molecule has 0 radical (unpaired) electrons. The number of nitro benzene ring substituents is 1. The zero-order chi connectivity index (χ0) is 14.4. The summed E-state index contributed by atoms with van der Waals surface area (Å²) in [7, 11) is 1.62. The minimum atomic E-state index is -0.544. The topological polar surface area (TPSA) is 75.5 Å². The van der Waals surface area contributed by atoms with Gasteiger partial charge in [0.2, 0.25) is 5.91 Å². The Labute approximate surface area is 116 Å². The molecule has 0 saturated heterocycles. The number of nitrogens with zero attached hydrogens (tertiary/aromatic N) is 2. The summed E-state index contributed by atoms with van der Waals surface area (Å²) in [6.45, 7) is 2.58. The van der Waals surface area contributed by atoms with Crippen molar-refractivity contribution in [2.24, 2.45) is 0 Å². The second-order valence-corrected chi connectivity index (χ2v) is 4.48. The number of halogens is 1. The third-order valence-corrected chi connectivity index (χ3v) is 2.82. The minimum absolute atomic E-state index is 0.0428. The zero-order valence-corrected chi connectivity index (χ0v) is 11.6. The number of likely N-dealkylation sites (N-methyl/N-ethyl adjacent to an activating group) is 1. The number of hydrogen-bond donors (Lipinski definition) is 1. The second-order valence-electron chi connectivity index (χ2n) is 4.07. The van der Waals surface area contributed by atoms with E-state index in [2.05, 4.69) is 5.32 Å². The van der Waals surface area contributed by atoms with Gasteiger partial charge in [0.15, 0.2) is 0 Å². The Balaban J connectivity index is 2.88. The van der Waals surface area contributed by atoms with Crippen LogP contribution in [0.2, 0.25) is 5.02 Å². The highest BCUT2D eigenvalue weighted by atomic mass is 35.5. The van der Waals surface area contributed by atoms with Crippen LogP contribution in [0.5, 0.6) is 0 Å². The third kappa shape index (κ3) is 4.10. The van der Waals surface area contributed by atoms with Gasteiger partial charge in [0, 0.05) is 13.6 Å². The van der Waals surface area contributed by atoms with Crippen LogP contribution in [0.1, 0.15) is 13.3 Å². The predicted octanol–water partition coefficient (Wildman–Crippen LogP) is 2.21. The number of anilines is 1. The van der Waals surface area contributed by atoms with E-state index in [1.54, 1.807) is 19.2 Å². The number of carbonyl (C=O) groups is 1. The van der Waals surface area contributed by atoms with Crippen LogP contribution in [0.25, 0.3) is 0 Å². The van der Waals surface area contributed by atoms with Gasteiger partial charge in [0.25, 0.3) is 0 Å². The number of amides is 1. The molecule has 0 aliphatic carbocycles. The minimum Gasteiger partial charge on any atom is -0.360 e. The Kier molecular flexibility index (Phi) is 5.57. The van der Waals surface area contributed by atoms with E-state index >= 15 is 0 Å². The maximum absolute atomic E-state index is 11.6. The van der Waals surface area contributed by atoms with Crippen molar-refractivity contribution in [2.45, 2.75) is 13.3 Å². The van der Waals surface area contributed by atoms with Gasteiger partial charge in [-0.15, -0.1) is 0 Å². The summed E-state index contributed by atoms with van der Waals surface area (Å²) in [4.78, 5) is 23.6. The van der Waals surface area contributed by atoms with Gasteiger partial charge >= 0.3 is 5.69 Å². The van der Waals surface area contributed by atoms with Gasteiger partial charge in [-0.2, -0.15) is 0 Å². The normalized spacial score (nSPS) is 10.1. The number of carbonyl (C=O) groups excluding carboxylic acids is 1. The van der Waals surface area contributed by atoms with Crippen molar-refractivity contribution in [3.63, 3.8) is 0 Å². The lowest BCUT2D eigenvalue weighted by molar-refractivity contribution is -0.384. The SMILES string of the molecule is CCCNC(=O)CN(C)c1cccc(Cl)c1[N+](=O)[O-]. The fourth-order valence-electron chi connectivity index (χ4n) is 1.61. The lowest BCUT2D eigenvalue weighted by Gasteiger charge is -2.18. The highest BCUT2D eigenvalue weighted by molar-refractivity contribution is 6.33. The van der Waals surface area contributed by atoms with Gasteiger partial charge in [0.05, 0.1) is 11.5 Å². The van der Waals surface area contributed by atoms with Crippen molar-refractivity contribution in [2.75, 3.05) is 25.0 Å². The van der Waals surface area contributed by atoms with Gasteiger partial charge in [-0.1, -0.05) is 24.6 Å². The zero-order valence-electron chi connectivity index (χ0n) is 10.9. The monoisotopic (exact) mass is 285 g/mol. The largest absolute Gasteiger partial charge is 0.360 e. The fourth-order valence-corrected chi connectivity index (χ4v) is 1.85. The molecule has 1 amide bonds. The smallest absolute Gasteiger partial charge is 0.310 e. The lowest BCUT2D eigenvalue weighted by Crippen LogP contribution is -2.35. The molecule has 0 fully saturated rings. The van der Waals surface area contributed by atoms with Crippen LogP contribution in [-0.2, 0) is 4.79 Å². The number of rotatable bonds is 6. The summed E-state index contributed by atoms with van der Waals surface area (Å²) in [6.07, 6.45) is 0.840. The first-order valence-electron chi connectivity index (χ1n) is 5.88. The number of para-hydroxylation sites is 1. The van der Waals surface area contributed by atoms with Crippen molar-refractivity contribution in [3.8, 4) is 0 Å². The maximum atomic E-state index is 11.6. The molecule has 0 saturated carbocycles. The Bertz CT molecular complexity index is 479. The van der Waals surface area contributed by atoms with E-state index in [1.807, 2.05) is 6.92 Å². The van der Waals surface area contributed by atoms with Gasteiger partial charge in [-0.3, -0.25) is 14.9 Å². The van der Waals surface area contributed by atoms with Crippen LogP contribution < -0.4 is 10.2 Å². The van der Waals surface area contributed by atoms with E-state index in [1.165, 1.54) is 11.0 Å². The molecule has 6 nitrogen and oxygen atoms in total. The molecular formula is C12H16ClN3O3. The number of nitrogens with one attached hydrogen (secondary N) is 1. The summed E-state index contributed by atoms with van der Waals surface area (Å²) < 4.78 is 0. The van der Waals surface area contributed by atoms with Gasteiger partial charge in [-0.05, 0) is 18.6 Å². The van der Waals surface area contributed by atoms with E-state index in [-0.39, 0.29) is 23.2 Å². The first-order chi connectivity index (χ1) is 8.97. The Morgan fingerprint density at radius 2 is 2.21 bits per heavy atom. The van der Waals surface area contributed by atoms with E-state index in [0.29, 0.717) is 12.2 Å². The third-order valence-electron chi connectivity index (χ3n) is 2.51. The molecule has 7 heteroatoms. The molecule has 0 unspecified atom stereocenters. The fraction of sp³-hybridized carbons (Fsp3) is 0.417. The van der Waals surface area contributed by atoms with Gasteiger partial charge in [-0.25, -0.2) is 0 Å². The Morgan fingerprint density at radius 1 is 1.53 bits per heavy atom. The van der Waals surface area contributed by atoms with Crippen LogP contribution in [0, 0.1) is 10.1 Å². The van der Waals surface area contributed by atoms with Crippen molar-refractivity contribution in [1.29, 1.82) is 0 Å². The van der Waals surface area contributed by atoms with Crippen LogP contribution >= 0.6 is 11.6 Å². The summed E-state index contributed by atoms with van der Waals surface area (Å²) in [5, 5.41) is 13.8. The van der Waals surface area contributed by atoms with Gasteiger partial charge < -0.3 is 10.2 Å². The maximum Gasteiger partial charge on any atom is 0.310 e. The average molecular weight is 286 g/mol. The number of hydrogen-bond acceptors (Lipinski definition) is 4. The Morgan fingerprint density at radius 3 is 2.79 bits per heavy atom. The number of nitro groups is 1. The van der Waals surface area contributed by atoms with Gasteiger partial charge in [0.1, 0.15) is 10.7 Å². The molecule has 1 rings (SSSR count). The molecular weight excluding hydrogens is 270 g/mol. The second kappa shape index (κ2) is 6.94. The van der Waals surface area contributed by atoms with Crippen molar-refractivity contribution in [3.05, 3.63) is 33.3 Å². The molecule has 0 aliphatic heterocycles. The van der Waals surface area contributed by atoms with E-state index in [0.717, 1.165) is 6.42 Å². The molecule has 104 valence electrons. The molecule has 0 aromatic heterocycles. The first-order valence-corrected chi connectivity index (χ1v) is 6.26. The van der Waals surface area contributed by atoms with E-state index < -0.39 is 4.92 Å². The standard InChI is InChI=1S/C12H16ClN3O3/c1-3-7-14-11(17)8-15(2)10-6-4-5-9(13)12(10)16(18)19/h4-6H,3,7-8H2,1-2H3,(H,14,17). The molecule has 0 atom stereocenters. The molecule has 0 aliphatic rings. The highest BCUT2D eigenvalue weighted by Gasteiger charge is 2.22.